The van der Waals surface area contributed by atoms with Gasteiger partial charge in [-0.15, -0.1) is 0 Å². The molecular formula is C19H40N2. The Labute approximate surface area is 134 Å². The average Bonchev–Trinajstić information content (AvgIpc) is 2.46. The Kier molecular flexibility index (Phi) is 7.70. The van der Waals surface area contributed by atoms with Crippen molar-refractivity contribution in [3.05, 3.63) is 0 Å². The Morgan fingerprint density at radius 2 is 1.67 bits per heavy atom. The summed E-state index contributed by atoms with van der Waals surface area (Å²) in [7, 11) is 4.56. The highest BCUT2D eigenvalue weighted by Gasteiger charge is 2.43. The fraction of sp³-hybridized carbons (Fsp3) is 1.00. The van der Waals surface area contributed by atoms with Gasteiger partial charge < -0.3 is 10.2 Å². The van der Waals surface area contributed by atoms with Gasteiger partial charge in [0.15, 0.2) is 0 Å². The molecule has 2 heteroatoms. The molecule has 0 radical (unpaired) electrons. The van der Waals surface area contributed by atoms with Crippen LogP contribution in [0.1, 0.15) is 73.1 Å². The first-order chi connectivity index (χ1) is 9.92. The molecule has 0 bridgehead atoms. The number of hydrogen-bond donors (Lipinski definition) is 1. The first kappa shape index (κ1) is 19.0. The highest BCUT2D eigenvalue weighted by molar-refractivity contribution is 5.01. The highest BCUT2D eigenvalue weighted by Crippen LogP contribution is 2.40. The van der Waals surface area contributed by atoms with Gasteiger partial charge in [-0.2, -0.15) is 0 Å². The SMILES string of the molecule is CCCNC(C1CCC(C)C(C)C1)C(CC)(CC)N(C)C. The molecule has 1 aliphatic rings. The van der Waals surface area contributed by atoms with E-state index in [4.69, 9.17) is 0 Å². The van der Waals surface area contributed by atoms with Crippen molar-refractivity contribution in [3.63, 3.8) is 0 Å². The van der Waals surface area contributed by atoms with Gasteiger partial charge in [-0.05, 0) is 70.5 Å². The van der Waals surface area contributed by atoms with Gasteiger partial charge in [0.1, 0.15) is 0 Å². The van der Waals surface area contributed by atoms with Gasteiger partial charge in [0.2, 0.25) is 0 Å². The summed E-state index contributed by atoms with van der Waals surface area (Å²) in [6, 6.07) is 0.636. The fourth-order valence-electron chi connectivity index (χ4n) is 4.59. The number of nitrogens with zero attached hydrogens (tertiary/aromatic N) is 1. The molecule has 0 aromatic carbocycles. The molecule has 1 N–H and O–H groups in total. The zero-order valence-electron chi connectivity index (χ0n) is 15.7. The third-order valence-corrected chi connectivity index (χ3v) is 6.42. The van der Waals surface area contributed by atoms with Gasteiger partial charge in [0, 0.05) is 11.6 Å². The molecule has 21 heavy (non-hydrogen) atoms. The summed E-state index contributed by atoms with van der Waals surface area (Å²) in [5.41, 5.74) is 0.306. The van der Waals surface area contributed by atoms with E-state index in [1.807, 2.05) is 0 Å². The van der Waals surface area contributed by atoms with E-state index >= 15 is 0 Å². The molecule has 4 unspecified atom stereocenters. The molecule has 0 aliphatic heterocycles. The quantitative estimate of drug-likeness (QED) is 0.707. The first-order valence-corrected chi connectivity index (χ1v) is 9.33. The Bertz CT molecular complexity index is 283. The molecule has 0 aromatic heterocycles. The Balaban J connectivity index is 2.97. The van der Waals surface area contributed by atoms with Crippen LogP contribution in [0.15, 0.2) is 0 Å². The van der Waals surface area contributed by atoms with E-state index in [0.29, 0.717) is 11.6 Å². The molecular weight excluding hydrogens is 256 g/mol. The maximum absolute atomic E-state index is 3.96. The van der Waals surface area contributed by atoms with Crippen LogP contribution in [-0.4, -0.2) is 37.1 Å². The summed E-state index contributed by atoms with van der Waals surface area (Å²) >= 11 is 0. The smallest absolute Gasteiger partial charge is 0.0353 e. The summed E-state index contributed by atoms with van der Waals surface area (Å²) in [4.78, 5) is 2.50. The summed E-state index contributed by atoms with van der Waals surface area (Å²) in [6.45, 7) is 13.1. The molecule has 1 rings (SSSR count). The highest BCUT2D eigenvalue weighted by atomic mass is 15.2. The lowest BCUT2D eigenvalue weighted by Gasteiger charge is -2.50. The lowest BCUT2D eigenvalue weighted by molar-refractivity contribution is 0.0346. The van der Waals surface area contributed by atoms with E-state index in [1.165, 1.54) is 38.5 Å². The van der Waals surface area contributed by atoms with Crippen LogP contribution in [0.2, 0.25) is 0 Å². The molecule has 126 valence electrons. The monoisotopic (exact) mass is 296 g/mol. The minimum absolute atomic E-state index is 0.306. The maximum atomic E-state index is 3.96. The van der Waals surface area contributed by atoms with Gasteiger partial charge in [-0.3, -0.25) is 0 Å². The summed E-state index contributed by atoms with van der Waals surface area (Å²) in [5, 5.41) is 3.96. The minimum Gasteiger partial charge on any atom is -0.312 e. The van der Waals surface area contributed by atoms with Crippen molar-refractivity contribution in [3.8, 4) is 0 Å². The fourth-order valence-corrected chi connectivity index (χ4v) is 4.59. The molecule has 1 aliphatic carbocycles. The average molecular weight is 297 g/mol. The van der Waals surface area contributed by atoms with Crippen LogP contribution in [0.4, 0.5) is 0 Å². The van der Waals surface area contributed by atoms with E-state index < -0.39 is 0 Å². The van der Waals surface area contributed by atoms with E-state index in [0.717, 1.165) is 24.3 Å². The lowest BCUT2D eigenvalue weighted by Crippen LogP contribution is -2.62. The number of hydrogen-bond acceptors (Lipinski definition) is 2. The van der Waals surface area contributed by atoms with Crippen molar-refractivity contribution in [2.45, 2.75) is 84.7 Å². The number of rotatable bonds is 8. The Morgan fingerprint density at radius 1 is 1.05 bits per heavy atom. The van der Waals surface area contributed by atoms with Gasteiger partial charge in [0.05, 0.1) is 0 Å². The molecule has 0 aromatic rings. The second-order valence-electron chi connectivity index (χ2n) is 7.66. The molecule has 1 saturated carbocycles. The number of likely N-dealkylation sites (N-methyl/N-ethyl adjacent to an activating group) is 1. The predicted octanol–water partition coefficient (Wildman–Crippen LogP) is 4.55. The Hall–Kier alpha value is -0.0800. The molecule has 0 amide bonds. The normalized spacial score (nSPS) is 28.9. The molecule has 4 atom stereocenters. The van der Waals surface area contributed by atoms with Crippen molar-refractivity contribution in [1.29, 1.82) is 0 Å². The zero-order chi connectivity index (χ0) is 16.0. The van der Waals surface area contributed by atoms with E-state index in [2.05, 4.69) is 58.9 Å². The second kappa shape index (κ2) is 8.53. The van der Waals surface area contributed by atoms with Crippen molar-refractivity contribution >= 4 is 0 Å². The second-order valence-corrected chi connectivity index (χ2v) is 7.66. The van der Waals surface area contributed by atoms with E-state index in [1.54, 1.807) is 0 Å². The number of nitrogens with one attached hydrogen (secondary N) is 1. The third kappa shape index (κ3) is 4.22. The van der Waals surface area contributed by atoms with Crippen molar-refractivity contribution in [1.82, 2.24) is 10.2 Å². The Morgan fingerprint density at radius 3 is 2.10 bits per heavy atom. The standard InChI is InChI=1S/C19H40N2/c1-8-13-20-18(19(9-2,10-3)21(6)7)17-12-11-15(4)16(5)14-17/h15-18,20H,8-14H2,1-7H3. The van der Waals surface area contributed by atoms with Gasteiger partial charge in [-0.1, -0.05) is 41.0 Å². The topological polar surface area (TPSA) is 15.3 Å². The summed E-state index contributed by atoms with van der Waals surface area (Å²) in [6.07, 6.45) is 7.91. The predicted molar refractivity (Wildman–Crippen MR) is 94.8 cm³/mol. The van der Waals surface area contributed by atoms with Crippen LogP contribution in [-0.2, 0) is 0 Å². The van der Waals surface area contributed by atoms with Gasteiger partial charge in [0.25, 0.3) is 0 Å². The van der Waals surface area contributed by atoms with Crippen molar-refractivity contribution in [2.75, 3.05) is 20.6 Å². The largest absolute Gasteiger partial charge is 0.312 e. The third-order valence-electron chi connectivity index (χ3n) is 6.42. The van der Waals surface area contributed by atoms with Gasteiger partial charge >= 0.3 is 0 Å². The van der Waals surface area contributed by atoms with Crippen LogP contribution in [0.5, 0.6) is 0 Å². The lowest BCUT2D eigenvalue weighted by atomic mass is 9.67. The molecule has 2 nitrogen and oxygen atoms in total. The summed E-state index contributed by atoms with van der Waals surface area (Å²) in [5.74, 6) is 2.62. The van der Waals surface area contributed by atoms with Crippen LogP contribution in [0.25, 0.3) is 0 Å². The molecule has 1 fully saturated rings. The van der Waals surface area contributed by atoms with Crippen LogP contribution >= 0.6 is 0 Å². The first-order valence-electron chi connectivity index (χ1n) is 9.33. The van der Waals surface area contributed by atoms with Crippen LogP contribution in [0.3, 0.4) is 0 Å². The van der Waals surface area contributed by atoms with Gasteiger partial charge in [-0.25, -0.2) is 0 Å². The molecule has 0 saturated heterocycles. The van der Waals surface area contributed by atoms with Crippen LogP contribution < -0.4 is 5.32 Å². The van der Waals surface area contributed by atoms with Crippen molar-refractivity contribution in [2.24, 2.45) is 17.8 Å². The zero-order valence-corrected chi connectivity index (χ0v) is 15.7. The molecule has 0 spiro atoms. The molecule has 0 heterocycles. The minimum atomic E-state index is 0.306. The maximum Gasteiger partial charge on any atom is 0.0353 e. The van der Waals surface area contributed by atoms with Crippen LogP contribution in [0, 0.1) is 17.8 Å². The van der Waals surface area contributed by atoms with Crippen molar-refractivity contribution < 1.29 is 0 Å². The summed E-state index contributed by atoms with van der Waals surface area (Å²) < 4.78 is 0. The van der Waals surface area contributed by atoms with E-state index in [9.17, 15) is 0 Å². The van der Waals surface area contributed by atoms with E-state index in [-0.39, 0.29) is 0 Å².